The molecular formula is C23H16FN3O3S. The molecule has 3 aromatic heterocycles. The van der Waals surface area contributed by atoms with Gasteiger partial charge in [0.1, 0.15) is 11.6 Å². The molecule has 0 aliphatic rings. The fraction of sp³-hybridized carbons (Fsp3) is 0.0870. The van der Waals surface area contributed by atoms with Gasteiger partial charge in [-0.3, -0.25) is 9.59 Å². The SMILES string of the molecule is O=C(c1ccc2ncsc2c1)N(Cc1ccco1)Cc1cc2ccc(F)cc2[nH]c1=O. The quantitative estimate of drug-likeness (QED) is 0.435. The number of rotatable bonds is 5. The first kappa shape index (κ1) is 19.2. The van der Waals surface area contributed by atoms with Gasteiger partial charge in [0, 0.05) is 11.1 Å². The summed E-state index contributed by atoms with van der Waals surface area (Å²) in [6, 6.07) is 14.8. The number of hydrogen-bond acceptors (Lipinski definition) is 5. The Morgan fingerprint density at radius 1 is 1.13 bits per heavy atom. The highest BCUT2D eigenvalue weighted by atomic mass is 32.1. The second-order valence-corrected chi connectivity index (χ2v) is 8.02. The molecule has 5 rings (SSSR count). The summed E-state index contributed by atoms with van der Waals surface area (Å²) in [4.78, 5) is 34.5. The number of carbonyl (C=O) groups excluding carboxylic acids is 1. The Balaban J connectivity index is 1.52. The van der Waals surface area contributed by atoms with Gasteiger partial charge in [0.2, 0.25) is 0 Å². The van der Waals surface area contributed by atoms with Crippen molar-refractivity contribution in [2.45, 2.75) is 13.1 Å². The molecule has 1 amide bonds. The molecule has 0 saturated heterocycles. The lowest BCUT2D eigenvalue weighted by Crippen LogP contribution is -2.32. The highest BCUT2D eigenvalue weighted by Gasteiger charge is 2.20. The average Bonchev–Trinajstić information content (AvgIpc) is 3.44. The zero-order valence-electron chi connectivity index (χ0n) is 16.2. The van der Waals surface area contributed by atoms with Crippen LogP contribution in [0.15, 0.2) is 75.6 Å². The predicted octanol–water partition coefficient (Wildman–Crippen LogP) is 4.71. The van der Waals surface area contributed by atoms with Crippen LogP contribution in [-0.4, -0.2) is 20.8 Å². The number of aromatic nitrogens is 2. The Labute approximate surface area is 179 Å². The van der Waals surface area contributed by atoms with Crippen LogP contribution in [-0.2, 0) is 13.1 Å². The van der Waals surface area contributed by atoms with Crippen LogP contribution >= 0.6 is 11.3 Å². The fourth-order valence-corrected chi connectivity index (χ4v) is 4.22. The van der Waals surface area contributed by atoms with E-state index in [1.807, 2.05) is 6.07 Å². The highest BCUT2D eigenvalue weighted by Crippen LogP contribution is 2.22. The maximum atomic E-state index is 13.5. The minimum absolute atomic E-state index is 0.0723. The third-order valence-electron chi connectivity index (χ3n) is 5.04. The first-order chi connectivity index (χ1) is 15.1. The predicted molar refractivity (Wildman–Crippen MR) is 116 cm³/mol. The molecule has 0 unspecified atom stereocenters. The summed E-state index contributed by atoms with van der Waals surface area (Å²) >= 11 is 1.46. The van der Waals surface area contributed by atoms with Gasteiger partial charge in [0.15, 0.2) is 0 Å². The molecule has 0 aliphatic heterocycles. The van der Waals surface area contributed by atoms with Crippen molar-refractivity contribution in [3.8, 4) is 0 Å². The number of nitrogens with zero attached hydrogens (tertiary/aromatic N) is 2. The van der Waals surface area contributed by atoms with Crippen LogP contribution in [0.5, 0.6) is 0 Å². The summed E-state index contributed by atoms with van der Waals surface area (Å²) in [5.74, 6) is -0.0548. The largest absolute Gasteiger partial charge is 0.467 e. The van der Waals surface area contributed by atoms with Gasteiger partial charge in [-0.25, -0.2) is 9.37 Å². The number of fused-ring (bicyclic) bond motifs is 2. The lowest BCUT2D eigenvalue weighted by molar-refractivity contribution is 0.0717. The Bertz CT molecular complexity index is 1460. The number of carbonyl (C=O) groups is 1. The molecule has 1 N–H and O–H groups in total. The number of hydrogen-bond donors (Lipinski definition) is 1. The molecular weight excluding hydrogens is 417 g/mol. The van der Waals surface area contributed by atoms with Gasteiger partial charge >= 0.3 is 0 Å². The molecule has 31 heavy (non-hydrogen) atoms. The van der Waals surface area contributed by atoms with Crippen molar-refractivity contribution in [3.63, 3.8) is 0 Å². The fourth-order valence-electron chi connectivity index (χ4n) is 3.50. The van der Waals surface area contributed by atoms with Crippen molar-refractivity contribution < 1.29 is 13.6 Å². The number of pyridine rings is 1. The summed E-state index contributed by atoms with van der Waals surface area (Å²) in [5.41, 5.74) is 3.51. The van der Waals surface area contributed by atoms with Crippen molar-refractivity contribution in [2.24, 2.45) is 0 Å². The van der Waals surface area contributed by atoms with Crippen LogP contribution in [0.2, 0.25) is 0 Å². The van der Waals surface area contributed by atoms with E-state index in [4.69, 9.17) is 4.42 Å². The number of thiazole rings is 1. The van der Waals surface area contributed by atoms with Crippen LogP contribution in [0.3, 0.4) is 0 Å². The van der Waals surface area contributed by atoms with Crippen LogP contribution < -0.4 is 5.56 Å². The molecule has 0 bridgehead atoms. The lowest BCUT2D eigenvalue weighted by atomic mass is 10.1. The molecule has 0 saturated carbocycles. The molecule has 154 valence electrons. The van der Waals surface area contributed by atoms with E-state index in [2.05, 4.69) is 9.97 Å². The number of furan rings is 1. The van der Waals surface area contributed by atoms with Crippen LogP contribution in [0.4, 0.5) is 4.39 Å². The lowest BCUT2D eigenvalue weighted by Gasteiger charge is -2.22. The Hall–Kier alpha value is -3.78. The van der Waals surface area contributed by atoms with Crippen LogP contribution in [0.25, 0.3) is 21.1 Å². The molecule has 0 atom stereocenters. The van der Waals surface area contributed by atoms with E-state index in [1.165, 1.54) is 23.5 Å². The van der Waals surface area contributed by atoms with E-state index in [0.29, 0.717) is 27.8 Å². The van der Waals surface area contributed by atoms with Gasteiger partial charge in [-0.05, 0) is 60.0 Å². The van der Waals surface area contributed by atoms with E-state index in [1.54, 1.807) is 53.1 Å². The third kappa shape index (κ3) is 3.85. The maximum absolute atomic E-state index is 13.5. The highest BCUT2D eigenvalue weighted by molar-refractivity contribution is 7.16. The number of halogens is 1. The Morgan fingerprint density at radius 2 is 2.03 bits per heavy atom. The zero-order chi connectivity index (χ0) is 21.4. The minimum Gasteiger partial charge on any atom is -0.467 e. The normalized spacial score (nSPS) is 11.3. The first-order valence-corrected chi connectivity index (χ1v) is 10.4. The van der Waals surface area contributed by atoms with Crippen molar-refractivity contribution >= 4 is 38.4 Å². The Kier molecular flexibility index (Phi) is 4.83. The number of amides is 1. The van der Waals surface area contributed by atoms with Crippen molar-refractivity contribution in [1.29, 1.82) is 0 Å². The van der Waals surface area contributed by atoms with Gasteiger partial charge in [-0.2, -0.15) is 0 Å². The summed E-state index contributed by atoms with van der Waals surface area (Å²) in [7, 11) is 0. The number of aromatic amines is 1. The first-order valence-electron chi connectivity index (χ1n) is 9.53. The van der Waals surface area contributed by atoms with E-state index < -0.39 is 5.82 Å². The number of nitrogens with one attached hydrogen (secondary N) is 1. The van der Waals surface area contributed by atoms with Crippen LogP contribution in [0.1, 0.15) is 21.7 Å². The minimum atomic E-state index is -0.427. The molecule has 0 spiro atoms. The van der Waals surface area contributed by atoms with Crippen molar-refractivity contribution in [3.05, 3.63) is 99.4 Å². The molecule has 6 nitrogen and oxygen atoms in total. The summed E-state index contributed by atoms with van der Waals surface area (Å²) in [6.45, 7) is 0.274. The topological polar surface area (TPSA) is 79.2 Å². The zero-order valence-corrected chi connectivity index (χ0v) is 17.0. The third-order valence-corrected chi connectivity index (χ3v) is 5.83. The second kappa shape index (κ2) is 7.81. The van der Waals surface area contributed by atoms with E-state index in [9.17, 15) is 14.0 Å². The van der Waals surface area contributed by atoms with E-state index >= 15 is 0 Å². The molecule has 0 radical (unpaired) electrons. The molecule has 3 heterocycles. The maximum Gasteiger partial charge on any atom is 0.254 e. The van der Waals surface area contributed by atoms with Gasteiger partial charge in [-0.15, -0.1) is 11.3 Å². The average molecular weight is 433 g/mol. The smallest absolute Gasteiger partial charge is 0.254 e. The standard InChI is InChI=1S/C23H16FN3O3S/c24-17-5-3-14-8-16(22(28)26-20(14)10-17)11-27(12-18-2-1-7-30-18)23(29)15-4-6-19-21(9-15)31-13-25-19/h1-10,13H,11-12H2,(H,26,28). The number of benzene rings is 2. The van der Waals surface area contributed by atoms with Crippen molar-refractivity contribution in [2.75, 3.05) is 0 Å². The number of H-pyrrole nitrogens is 1. The molecule has 0 fully saturated rings. The Morgan fingerprint density at radius 3 is 2.87 bits per heavy atom. The molecule has 0 aliphatic carbocycles. The summed E-state index contributed by atoms with van der Waals surface area (Å²) < 4.78 is 19.8. The van der Waals surface area contributed by atoms with Crippen LogP contribution in [0, 0.1) is 5.82 Å². The van der Waals surface area contributed by atoms with E-state index in [-0.39, 0.29) is 24.6 Å². The van der Waals surface area contributed by atoms with Gasteiger partial charge < -0.3 is 14.3 Å². The summed E-state index contributed by atoms with van der Waals surface area (Å²) in [5, 5.41) is 0.687. The monoisotopic (exact) mass is 433 g/mol. The van der Waals surface area contributed by atoms with Crippen molar-refractivity contribution in [1.82, 2.24) is 14.9 Å². The van der Waals surface area contributed by atoms with Gasteiger partial charge in [0.05, 0.1) is 40.6 Å². The van der Waals surface area contributed by atoms with Gasteiger partial charge in [-0.1, -0.05) is 0 Å². The van der Waals surface area contributed by atoms with Gasteiger partial charge in [0.25, 0.3) is 11.5 Å². The van der Waals surface area contributed by atoms with E-state index in [0.717, 1.165) is 10.2 Å². The molecule has 8 heteroatoms. The molecule has 2 aromatic carbocycles. The second-order valence-electron chi connectivity index (χ2n) is 7.13. The molecule has 5 aromatic rings. The summed E-state index contributed by atoms with van der Waals surface area (Å²) in [6.07, 6.45) is 1.54.